The van der Waals surface area contributed by atoms with Crippen LogP contribution in [0, 0.1) is 0 Å². The summed E-state index contributed by atoms with van der Waals surface area (Å²) in [5.41, 5.74) is 1.04. The Kier molecular flexibility index (Phi) is 5.98. The van der Waals surface area contributed by atoms with Crippen molar-refractivity contribution >= 4 is 11.9 Å². The Morgan fingerprint density at radius 1 is 0.964 bits per heavy atom. The van der Waals surface area contributed by atoms with E-state index in [0.717, 1.165) is 18.4 Å². The molecule has 2 heterocycles. The third-order valence-electron chi connectivity index (χ3n) is 5.64. The lowest BCUT2D eigenvalue weighted by molar-refractivity contribution is -0.131. The van der Waals surface area contributed by atoms with Crippen molar-refractivity contribution in [2.75, 3.05) is 26.2 Å². The Morgan fingerprint density at radius 2 is 1.50 bits per heavy atom. The molecule has 2 N–H and O–H groups in total. The van der Waals surface area contributed by atoms with Gasteiger partial charge in [0.05, 0.1) is 6.42 Å². The molecule has 154 valence electrons. The smallest absolute Gasteiger partial charge is 0.317 e. The number of piperidine rings is 1. The van der Waals surface area contributed by atoms with Gasteiger partial charge >= 0.3 is 6.03 Å². The van der Waals surface area contributed by atoms with Gasteiger partial charge in [-0.1, -0.05) is 30.3 Å². The SMILES string of the molecule is CC1(C)CC(NC(=O)N2CCN(C(=O)Cc3ccccc3)CC2)CC(C)(C)N1. The van der Waals surface area contributed by atoms with E-state index >= 15 is 0 Å². The second kappa shape index (κ2) is 8.11. The van der Waals surface area contributed by atoms with E-state index in [9.17, 15) is 9.59 Å². The molecular formula is C22H34N4O2. The first-order valence-corrected chi connectivity index (χ1v) is 10.3. The molecule has 0 saturated carbocycles. The maximum atomic E-state index is 12.7. The first kappa shape index (κ1) is 20.6. The summed E-state index contributed by atoms with van der Waals surface area (Å²) < 4.78 is 0. The molecule has 0 atom stereocenters. The molecule has 1 aromatic rings. The summed E-state index contributed by atoms with van der Waals surface area (Å²) in [7, 11) is 0. The van der Waals surface area contributed by atoms with Crippen LogP contribution in [0.15, 0.2) is 30.3 Å². The Balaban J connectivity index is 1.48. The van der Waals surface area contributed by atoms with Crippen molar-refractivity contribution in [3.8, 4) is 0 Å². The van der Waals surface area contributed by atoms with Gasteiger partial charge in [-0.15, -0.1) is 0 Å². The van der Waals surface area contributed by atoms with E-state index in [1.807, 2.05) is 40.1 Å². The molecule has 1 aromatic carbocycles. The van der Waals surface area contributed by atoms with E-state index in [1.165, 1.54) is 0 Å². The van der Waals surface area contributed by atoms with E-state index in [-0.39, 0.29) is 29.1 Å². The van der Waals surface area contributed by atoms with Crippen molar-refractivity contribution in [2.45, 2.75) is 64.1 Å². The number of carbonyl (C=O) groups is 2. The minimum atomic E-state index is -0.00587. The van der Waals surface area contributed by atoms with Crippen molar-refractivity contribution in [3.63, 3.8) is 0 Å². The van der Waals surface area contributed by atoms with Gasteiger partial charge in [-0.25, -0.2) is 4.79 Å². The van der Waals surface area contributed by atoms with Gasteiger partial charge in [0.2, 0.25) is 5.91 Å². The highest BCUT2D eigenvalue weighted by atomic mass is 16.2. The molecular weight excluding hydrogens is 352 g/mol. The minimum absolute atomic E-state index is 0.00223. The number of amides is 3. The summed E-state index contributed by atoms with van der Waals surface area (Å²) >= 11 is 0. The van der Waals surface area contributed by atoms with Crippen LogP contribution in [-0.4, -0.2) is 65.0 Å². The fourth-order valence-electron chi connectivity index (χ4n) is 4.73. The number of hydrogen-bond donors (Lipinski definition) is 2. The molecule has 0 aromatic heterocycles. The third kappa shape index (κ3) is 5.47. The monoisotopic (exact) mass is 386 g/mol. The number of nitrogens with one attached hydrogen (secondary N) is 2. The van der Waals surface area contributed by atoms with Crippen LogP contribution in [-0.2, 0) is 11.2 Å². The largest absolute Gasteiger partial charge is 0.339 e. The molecule has 0 bridgehead atoms. The molecule has 0 aliphatic carbocycles. The van der Waals surface area contributed by atoms with Crippen molar-refractivity contribution in [1.82, 2.24) is 20.4 Å². The number of carbonyl (C=O) groups excluding carboxylic acids is 2. The second-order valence-electron chi connectivity index (χ2n) is 9.48. The highest BCUT2D eigenvalue weighted by Crippen LogP contribution is 2.28. The molecule has 3 amide bonds. The zero-order chi connectivity index (χ0) is 20.4. The molecule has 6 nitrogen and oxygen atoms in total. The molecule has 0 radical (unpaired) electrons. The number of benzene rings is 1. The van der Waals surface area contributed by atoms with Crippen LogP contribution in [0.3, 0.4) is 0 Å². The third-order valence-corrected chi connectivity index (χ3v) is 5.64. The summed E-state index contributed by atoms with van der Waals surface area (Å²) in [5, 5.41) is 6.87. The fraction of sp³-hybridized carbons (Fsp3) is 0.636. The summed E-state index contributed by atoms with van der Waals surface area (Å²) in [6.45, 7) is 11.1. The highest BCUT2D eigenvalue weighted by Gasteiger charge is 2.38. The molecule has 3 rings (SSSR count). The average molecular weight is 387 g/mol. The van der Waals surface area contributed by atoms with Crippen molar-refractivity contribution in [3.05, 3.63) is 35.9 Å². The first-order valence-electron chi connectivity index (χ1n) is 10.3. The summed E-state index contributed by atoms with van der Waals surface area (Å²) in [6, 6.07) is 9.97. The maximum absolute atomic E-state index is 12.7. The highest BCUT2D eigenvalue weighted by molar-refractivity contribution is 5.79. The molecule has 6 heteroatoms. The zero-order valence-corrected chi connectivity index (χ0v) is 17.6. The van der Waals surface area contributed by atoms with E-state index in [4.69, 9.17) is 0 Å². The summed E-state index contributed by atoms with van der Waals surface area (Å²) in [6.07, 6.45) is 2.25. The van der Waals surface area contributed by atoms with Crippen molar-refractivity contribution in [1.29, 1.82) is 0 Å². The molecule has 0 spiro atoms. The first-order chi connectivity index (χ1) is 13.1. The lowest BCUT2D eigenvalue weighted by Gasteiger charge is -2.47. The van der Waals surface area contributed by atoms with Crippen LogP contribution in [0.5, 0.6) is 0 Å². The van der Waals surface area contributed by atoms with Crippen LogP contribution >= 0.6 is 0 Å². The van der Waals surface area contributed by atoms with Gasteiger partial charge in [-0.2, -0.15) is 0 Å². The fourth-order valence-corrected chi connectivity index (χ4v) is 4.73. The van der Waals surface area contributed by atoms with Crippen molar-refractivity contribution < 1.29 is 9.59 Å². The normalized spacial score (nSPS) is 22.0. The summed E-state index contributed by atoms with van der Waals surface area (Å²) in [4.78, 5) is 29.0. The minimum Gasteiger partial charge on any atom is -0.339 e. The molecule has 2 aliphatic rings. The topological polar surface area (TPSA) is 64.7 Å². The van der Waals surface area contributed by atoms with E-state index in [1.54, 1.807) is 0 Å². The molecule has 0 unspecified atom stereocenters. The van der Waals surface area contributed by atoms with Crippen LogP contribution in [0.2, 0.25) is 0 Å². The molecule has 2 fully saturated rings. The van der Waals surface area contributed by atoms with Gasteiger partial charge in [-0.05, 0) is 46.1 Å². The number of rotatable bonds is 3. The molecule has 2 saturated heterocycles. The molecule has 28 heavy (non-hydrogen) atoms. The van der Waals surface area contributed by atoms with Crippen LogP contribution in [0.4, 0.5) is 4.79 Å². The maximum Gasteiger partial charge on any atom is 0.317 e. The average Bonchev–Trinajstić information content (AvgIpc) is 2.60. The van der Waals surface area contributed by atoms with E-state index in [2.05, 4.69) is 38.3 Å². The van der Waals surface area contributed by atoms with Crippen LogP contribution in [0.1, 0.15) is 46.1 Å². The Bertz CT molecular complexity index is 678. The predicted molar refractivity (Wildman–Crippen MR) is 111 cm³/mol. The van der Waals surface area contributed by atoms with Gasteiger partial charge in [0.25, 0.3) is 0 Å². The molecule has 2 aliphatic heterocycles. The van der Waals surface area contributed by atoms with E-state index < -0.39 is 0 Å². The standard InChI is InChI=1S/C22H34N4O2/c1-21(2)15-18(16-22(3,4)24-21)23-20(28)26-12-10-25(11-13-26)19(27)14-17-8-6-5-7-9-17/h5-9,18,24H,10-16H2,1-4H3,(H,23,28). The number of hydrogen-bond acceptors (Lipinski definition) is 3. The number of piperazine rings is 1. The van der Waals surface area contributed by atoms with Gasteiger partial charge in [-0.3, -0.25) is 4.79 Å². The van der Waals surface area contributed by atoms with Gasteiger partial charge < -0.3 is 20.4 Å². The van der Waals surface area contributed by atoms with Gasteiger partial charge in [0.15, 0.2) is 0 Å². The van der Waals surface area contributed by atoms with Gasteiger partial charge in [0.1, 0.15) is 0 Å². The lowest BCUT2D eigenvalue weighted by atomic mass is 9.80. The quantitative estimate of drug-likeness (QED) is 0.838. The zero-order valence-electron chi connectivity index (χ0n) is 17.6. The van der Waals surface area contributed by atoms with Crippen LogP contribution in [0.25, 0.3) is 0 Å². The second-order valence-corrected chi connectivity index (χ2v) is 9.48. The lowest BCUT2D eigenvalue weighted by Crippen LogP contribution is -2.63. The van der Waals surface area contributed by atoms with Crippen LogP contribution < -0.4 is 10.6 Å². The van der Waals surface area contributed by atoms with Gasteiger partial charge in [0, 0.05) is 43.3 Å². The van der Waals surface area contributed by atoms with E-state index in [0.29, 0.717) is 32.6 Å². The number of nitrogens with zero attached hydrogens (tertiary/aromatic N) is 2. The predicted octanol–water partition coefficient (Wildman–Crippen LogP) is 2.39. The Morgan fingerprint density at radius 3 is 2.07 bits per heavy atom. The number of urea groups is 1. The Hall–Kier alpha value is -2.08. The van der Waals surface area contributed by atoms with Crippen molar-refractivity contribution in [2.24, 2.45) is 0 Å². The summed E-state index contributed by atoms with van der Waals surface area (Å²) in [5.74, 6) is 0.133. The Labute approximate surface area is 168 Å².